The maximum absolute atomic E-state index is 13.9. The van der Waals surface area contributed by atoms with Crippen molar-refractivity contribution in [1.82, 2.24) is 5.32 Å². The van der Waals surface area contributed by atoms with Crippen LogP contribution in [0, 0.1) is 5.82 Å². The van der Waals surface area contributed by atoms with Crippen LogP contribution in [-0.2, 0) is 6.42 Å². The summed E-state index contributed by atoms with van der Waals surface area (Å²) in [6.45, 7) is 1.70. The van der Waals surface area contributed by atoms with Crippen molar-refractivity contribution < 1.29 is 9.13 Å². The molecule has 2 heterocycles. The Bertz CT molecular complexity index is 399. The monoisotopic (exact) mass is 221 g/mol. The molecule has 0 aromatic heterocycles. The molecule has 1 N–H and O–H groups in total. The minimum atomic E-state index is -0.125. The van der Waals surface area contributed by atoms with Gasteiger partial charge in [0.15, 0.2) is 0 Å². The van der Waals surface area contributed by atoms with Crippen LogP contribution in [-0.4, -0.2) is 13.2 Å². The van der Waals surface area contributed by atoms with Gasteiger partial charge in [-0.3, -0.25) is 0 Å². The highest BCUT2D eigenvalue weighted by Crippen LogP contribution is 2.37. The Labute approximate surface area is 94.8 Å². The molecule has 0 spiro atoms. The third-order valence-electron chi connectivity index (χ3n) is 3.47. The number of aryl methyl sites for hydroxylation is 1. The van der Waals surface area contributed by atoms with Crippen molar-refractivity contribution in [2.75, 3.05) is 13.2 Å². The molecule has 3 heteroatoms. The minimum absolute atomic E-state index is 0.125. The highest BCUT2D eigenvalue weighted by molar-refractivity contribution is 5.45. The van der Waals surface area contributed by atoms with Gasteiger partial charge in [0.25, 0.3) is 0 Å². The van der Waals surface area contributed by atoms with E-state index in [0.29, 0.717) is 0 Å². The van der Waals surface area contributed by atoms with Crippen LogP contribution in [0.3, 0.4) is 0 Å². The molecule has 0 bridgehead atoms. The van der Waals surface area contributed by atoms with E-state index >= 15 is 0 Å². The molecule has 2 nitrogen and oxygen atoms in total. The third kappa shape index (κ3) is 1.59. The van der Waals surface area contributed by atoms with Gasteiger partial charge < -0.3 is 10.1 Å². The predicted octanol–water partition coefficient (Wildman–Crippen LogP) is 2.58. The minimum Gasteiger partial charge on any atom is -0.493 e. The van der Waals surface area contributed by atoms with Crippen LogP contribution in [0.1, 0.15) is 36.4 Å². The fourth-order valence-electron chi connectivity index (χ4n) is 2.68. The summed E-state index contributed by atoms with van der Waals surface area (Å²) in [5.41, 5.74) is 1.92. The van der Waals surface area contributed by atoms with E-state index in [1.165, 1.54) is 0 Å². The van der Waals surface area contributed by atoms with E-state index in [4.69, 9.17) is 4.74 Å². The molecule has 3 rings (SSSR count). The lowest BCUT2D eigenvalue weighted by molar-refractivity contribution is 0.279. The number of halogens is 1. The van der Waals surface area contributed by atoms with Crippen molar-refractivity contribution in [3.8, 4) is 5.75 Å². The predicted molar refractivity (Wildman–Crippen MR) is 60.2 cm³/mol. The number of benzene rings is 1. The average molecular weight is 221 g/mol. The lowest BCUT2D eigenvalue weighted by Gasteiger charge is -2.23. The highest BCUT2D eigenvalue weighted by Gasteiger charge is 2.26. The molecule has 0 radical (unpaired) electrons. The molecule has 0 aliphatic carbocycles. The molecular weight excluding hydrogens is 205 g/mol. The van der Waals surface area contributed by atoms with E-state index in [0.717, 1.165) is 55.7 Å². The second kappa shape index (κ2) is 4.06. The van der Waals surface area contributed by atoms with Gasteiger partial charge in [0.2, 0.25) is 0 Å². The van der Waals surface area contributed by atoms with Crippen molar-refractivity contribution in [3.05, 3.63) is 29.1 Å². The summed E-state index contributed by atoms with van der Waals surface area (Å²) in [7, 11) is 0. The molecule has 0 amide bonds. The topological polar surface area (TPSA) is 21.3 Å². The SMILES string of the molecule is Fc1ccc2c(c1[C@H]1CCCN1)OCCC2. The van der Waals surface area contributed by atoms with Crippen LogP contribution in [0.5, 0.6) is 5.75 Å². The van der Waals surface area contributed by atoms with Crippen LogP contribution >= 0.6 is 0 Å². The van der Waals surface area contributed by atoms with Crippen molar-refractivity contribution in [1.29, 1.82) is 0 Å². The zero-order chi connectivity index (χ0) is 11.0. The molecule has 2 aliphatic heterocycles. The van der Waals surface area contributed by atoms with Gasteiger partial charge in [-0.15, -0.1) is 0 Å². The molecule has 2 aliphatic rings. The lowest BCUT2D eigenvalue weighted by Crippen LogP contribution is -2.19. The number of nitrogens with one attached hydrogen (secondary N) is 1. The maximum Gasteiger partial charge on any atom is 0.131 e. The summed E-state index contributed by atoms with van der Waals surface area (Å²) in [4.78, 5) is 0. The molecule has 0 unspecified atom stereocenters. The van der Waals surface area contributed by atoms with Gasteiger partial charge >= 0.3 is 0 Å². The zero-order valence-corrected chi connectivity index (χ0v) is 9.26. The van der Waals surface area contributed by atoms with Crippen molar-refractivity contribution in [3.63, 3.8) is 0 Å². The Hall–Kier alpha value is -1.09. The fourth-order valence-corrected chi connectivity index (χ4v) is 2.68. The van der Waals surface area contributed by atoms with Gasteiger partial charge in [-0.25, -0.2) is 4.39 Å². The normalized spacial score (nSPS) is 23.9. The van der Waals surface area contributed by atoms with Gasteiger partial charge in [0, 0.05) is 11.6 Å². The molecule has 16 heavy (non-hydrogen) atoms. The molecule has 86 valence electrons. The van der Waals surface area contributed by atoms with Gasteiger partial charge in [0.05, 0.1) is 6.61 Å². The summed E-state index contributed by atoms with van der Waals surface area (Å²) < 4.78 is 19.6. The van der Waals surface area contributed by atoms with Crippen molar-refractivity contribution in [2.24, 2.45) is 0 Å². The smallest absolute Gasteiger partial charge is 0.131 e. The van der Waals surface area contributed by atoms with Crippen molar-refractivity contribution in [2.45, 2.75) is 31.7 Å². The Kier molecular flexibility index (Phi) is 2.56. The van der Waals surface area contributed by atoms with E-state index < -0.39 is 0 Å². The van der Waals surface area contributed by atoms with Gasteiger partial charge in [-0.05, 0) is 43.9 Å². The molecular formula is C13H16FNO. The van der Waals surface area contributed by atoms with E-state index in [1.54, 1.807) is 6.07 Å². The number of rotatable bonds is 1. The Morgan fingerprint density at radius 1 is 1.31 bits per heavy atom. The van der Waals surface area contributed by atoms with E-state index in [9.17, 15) is 4.39 Å². The number of hydrogen-bond acceptors (Lipinski definition) is 2. The third-order valence-corrected chi connectivity index (χ3v) is 3.47. The van der Waals surface area contributed by atoms with Gasteiger partial charge in [0.1, 0.15) is 11.6 Å². The van der Waals surface area contributed by atoms with E-state index in [-0.39, 0.29) is 11.9 Å². The number of fused-ring (bicyclic) bond motifs is 1. The quantitative estimate of drug-likeness (QED) is 0.787. The first-order valence-electron chi connectivity index (χ1n) is 6.04. The number of ether oxygens (including phenoxy) is 1. The van der Waals surface area contributed by atoms with Crippen LogP contribution in [0.4, 0.5) is 4.39 Å². The maximum atomic E-state index is 13.9. The standard InChI is InChI=1S/C13H16FNO/c14-10-6-5-9-3-2-8-16-13(9)12(10)11-4-1-7-15-11/h5-6,11,15H,1-4,7-8H2/t11-/m1/s1. The second-order valence-electron chi connectivity index (χ2n) is 4.55. The first-order valence-corrected chi connectivity index (χ1v) is 6.04. The zero-order valence-electron chi connectivity index (χ0n) is 9.26. The van der Waals surface area contributed by atoms with Crippen molar-refractivity contribution >= 4 is 0 Å². The average Bonchev–Trinajstić information content (AvgIpc) is 2.82. The molecule has 1 fully saturated rings. The molecule has 1 aromatic rings. The Morgan fingerprint density at radius 3 is 3.06 bits per heavy atom. The molecule has 1 saturated heterocycles. The van der Waals surface area contributed by atoms with Crippen LogP contribution < -0.4 is 10.1 Å². The summed E-state index contributed by atoms with van der Waals surface area (Å²) in [6, 6.07) is 3.60. The molecule has 1 atom stereocenters. The Balaban J connectivity index is 2.06. The van der Waals surface area contributed by atoms with Crippen LogP contribution in [0.15, 0.2) is 12.1 Å². The highest BCUT2D eigenvalue weighted by atomic mass is 19.1. The molecule has 0 saturated carbocycles. The first-order chi connectivity index (χ1) is 7.86. The van der Waals surface area contributed by atoms with Gasteiger partial charge in [-0.2, -0.15) is 0 Å². The number of hydrogen-bond donors (Lipinski definition) is 1. The summed E-state index contributed by atoms with van der Waals surface area (Å²) in [6.07, 6.45) is 4.18. The lowest BCUT2D eigenvalue weighted by atomic mass is 9.96. The Morgan fingerprint density at radius 2 is 2.25 bits per heavy atom. The molecule has 1 aromatic carbocycles. The van der Waals surface area contributed by atoms with E-state index in [2.05, 4.69) is 5.32 Å². The summed E-state index contributed by atoms with van der Waals surface area (Å²) in [5, 5.41) is 3.34. The van der Waals surface area contributed by atoms with Crippen LogP contribution in [0.2, 0.25) is 0 Å². The first kappa shape index (κ1) is 10.1. The fraction of sp³-hybridized carbons (Fsp3) is 0.538. The summed E-state index contributed by atoms with van der Waals surface area (Å²) in [5.74, 6) is 0.686. The van der Waals surface area contributed by atoms with E-state index in [1.807, 2.05) is 6.07 Å². The largest absolute Gasteiger partial charge is 0.493 e. The summed E-state index contributed by atoms with van der Waals surface area (Å²) >= 11 is 0. The van der Waals surface area contributed by atoms with Crippen LogP contribution in [0.25, 0.3) is 0 Å². The second-order valence-corrected chi connectivity index (χ2v) is 4.55. The van der Waals surface area contributed by atoms with Gasteiger partial charge in [-0.1, -0.05) is 6.07 Å².